The van der Waals surface area contributed by atoms with E-state index in [1.165, 1.54) is 5.56 Å². The first kappa shape index (κ1) is 11.6. The minimum Gasteiger partial charge on any atom is -0.448 e. The van der Waals surface area contributed by atoms with E-state index in [0.717, 1.165) is 17.1 Å². The highest BCUT2D eigenvalue weighted by molar-refractivity contribution is 5.63. The van der Waals surface area contributed by atoms with Gasteiger partial charge < -0.3 is 9.47 Å². The third kappa shape index (κ3) is 1.34. The average Bonchev–Trinajstić information content (AvgIpc) is 2.67. The Morgan fingerprint density at radius 2 is 1.45 bits per heavy atom. The molecule has 20 heavy (non-hydrogen) atoms. The third-order valence-corrected chi connectivity index (χ3v) is 4.36. The van der Waals surface area contributed by atoms with Crippen LogP contribution in [0.3, 0.4) is 0 Å². The van der Waals surface area contributed by atoms with E-state index in [0.29, 0.717) is 0 Å². The van der Waals surface area contributed by atoms with Crippen LogP contribution in [0.2, 0.25) is 0 Å². The first-order valence-corrected chi connectivity index (χ1v) is 6.88. The number of hydrogen-bond donors (Lipinski definition) is 0. The molecule has 0 amide bonds. The fourth-order valence-corrected chi connectivity index (χ4v) is 3.05. The summed E-state index contributed by atoms with van der Waals surface area (Å²) in [5, 5.41) is 0. The Morgan fingerprint density at radius 3 is 2.25 bits per heavy atom. The zero-order valence-electron chi connectivity index (χ0n) is 11.6. The van der Waals surface area contributed by atoms with Crippen molar-refractivity contribution < 1.29 is 9.47 Å². The van der Waals surface area contributed by atoms with Crippen molar-refractivity contribution in [3.05, 3.63) is 65.7 Å². The summed E-state index contributed by atoms with van der Waals surface area (Å²) in [5.74, 6) is 1.02. The number of ether oxygens (including phenoxy) is 2. The Balaban J connectivity index is 1.86. The summed E-state index contributed by atoms with van der Waals surface area (Å²) in [6.45, 7) is 4.33. The van der Waals surface area contributed by atoms with Crippen molar-refractivity contribution in [3.8, 4) is 11.5 Å². The molecule has 100 valence electrons. The van der Waals surface area contributed by atoms with Crippen molar-refractivity contribution in [1.82, 2.24) is 0 Å². The molecule has 2 aliphatic heterocycles. The third-order valence-electron chi connectivity index (χ3n) is 4.36. The summed E-state index contributed by atoms with van der Waals surface area (Å²) in [5.41, 5.74) is 2.03. The van der Waals surface area contributed by atoms with Gasteiger partial charge in [0.2, 0.25) is 0 Å². The van der Waals surface area contributed by atoms with Crippen LogP contribution in [0.15, 0.2) is 54.6 Å². The molecule has 0 bridgehead atoms. The number of fused-ring (bicyclic) bond motifs is 2. The average molecular weight is 264 g/mol. The summed E-state index contributed by atoms with van der Waals surface area (Å²) in [4.78, 5) is 0. The van der Waals surface area contributed by atoms with E-state index in [1.807, 2.05) is 48.5 Å². The Morgan fingerprint density at radius 1 is 0.800 bits per heavy atom. The van der Waals surface area contributed by atoms with Gasteiger partial charge in [-0.3, -0.25) is 0 Å². The molecular weight excluding hydrogens is 248 g/mol. The molecule has 2 heterocycles. The zero-order valence-corrected chi connectivity index (χ0v) is 11.6. The number of rotatable bonds is 0. The largest absolute Gasteiger partial charge is 0.448 e. The van der Waals surface area contributed by atoms with Crippen LogP contribution in [-0.2, 0) is 5.41 Å². The van der Waals surface area contributed by atoms with Gasteiger partial charge in [0, 0.05) is 17.2 Å². The molecule has 0 aliphatic carbocycles. The predicted octanol–water partition coefficient (Wildman–Crippen LogP) is 4.16. The zero-order chi connectivity index (χ0) is 13.8. The van der Waals surface area contributed by atoms with Crippen LogP contribution in [0.5, 0.6) is 11.5 Å². The maximum Gasteiger partial charge on any atom is 0.280 e. The quantitative estimate of drug-likeness (QED) is 0.711. The number of para-hydroxylation sites is 2. The van der Waals surface area contributed by atoms with Crippen LogP contribution >= 0.6 is 0 Å². The molecule has 0 radical (unpaired) electrons. The van der Waals surface area contributed by atoms with E-state index in [4.69, 9.17) is 9.47 Å². The van der Waals surface area contributed by atoms with E-state index in [-0.39, 0.29) is 5.41 Å². The molecule has 4 rings (SSSR count). The van der Waals surface area contributed by atoms with E-state index >= 15 is 0 Å². The van der Waals surface area contributed by atoms with Crippen molar-refractivity contribution in [2.75, 3.05) is 0 Å². The molecule has 1 spiro atoms. The maximum absolute atomic E-state index is 6.27. The molecule has 2 aromatic carbocycles. The molecule has 0 saturated carbocycles. The minimum absolute atomic E-state index is 0.242. The Labute approximate surface area is 118 Å². The summed E-state index contributed by atoms with van der Waals surface area (Å²) >= 11 is 0. The van der Waals surface area contributed by atoms with E-state index < -0.39 is 5.79 Å². The molecule has 1 atom stereocenters. The van der Waals surface area contributed by atoms with Crippen LogP contribution in [-0.4, -0.2) is 5.79 Å². The second kappa shape index (κ2) is 3.66. The van der Waals surface area contributed by atoms with Crippen LogP contribution < -0.4 is 9.47 Å². The lowest BCUT2D eigenvalue weighted by Crippen LogP contribution is -2.52. The molecule has 0 saturated heterocycles. The molecular formula is C18H16O2. The molecule has 2 aromatic rings. The Bertz CT molecular complexity index is 715. The lowest BCUT2D eigenvalue weighted by Gasteiger charge is -2.39. The summed E-state index contributed by atoms with van der Waals surface area (Å²) in [6.07, 6.45) is 4.13. The summed E-state index contributed by atoms with van der Waals surface area (Å²) in [6, 6.07) is 16.2. The molecule has 0 fully saturated rings. The van der Waals surface area contributed by atoms with Crippen LogP contribution in [0.4, 0.5) is 0 Å². The van der Waals surface area contributed by atoms with Crippen LogP contribution in [0.25, 0.3) is 6.08 Å². The van der Waals surface area contributed by atoms with Gasteiger partial charge in [-0.2, -0.15) is 0 Å². The van der Waals surface area contributed by atoms with Gasteiger partial charge in [0.1, 0.15) is 11.5 Å². The predicted molar refractivity (Wildman–Crippen MR) is 78.9 cm³/mol. The highest BCUT2D eigenvalue weighted by Crippen LogP contribution is 2.52. The topological polar surface area (TPSA) is 18.5 Å². The molecule has 0 aromatic heterocycles. The van der Waals surface area contributed by atoms with E-state index in [9.17, 15) is 0 Å². The van der Waals surface area contributed by atoms with Crippen molar-refractivity contribution in [2.45, 2.75) is 25.0 Å². The van der Waals surface area contributed by atoms with E-state index in [1.54, 1.807) is 0 Å². The van der Waals surface area contributed by atoms with Gasteiger partial charge >= 0.3 is 0 Å². The van der Waals surface area contributed by atoms with Crippen molar-refractivity contribution in [1.29, 1.82) is 0 Å². The normalized spacial score (nSPS) is 24.7. The van der Waals surface area contributed by atoms with Gasteiger partial charge in [0.25, 0.3) is 5.79 Å². The second-order valence-electron chi connectivity index (χ2n) is 5.86. The van der Waals surface area contributed by atoms with Crippen molar-refractivity contribution >= 4 is 6.08 Å². The van der Waals surface area contributed by atoms with Gasteiger partial charge in [-0.05, 0) is 32.1 Å². The number of hydrogen-bond acceptors (Lipinski definition) is 2. The van der Waals surface area contributed by atoms with Crippen LogP contribution in [0, 0.1) is 0 Å². The summed E-state index contributed by atoms with van der Waals surface area (Å²) < 4.78 is 12.5. The van der Waals surface area contributed by atoms with Crippen LogP contribution in [0.1, 0.15) is 25.0 Å². The standard InChI is InChI=1S/C18H16O2/c1-17(2)14-8-4-6-10-16(14)20-18(17)12-11-13-7-3-5-9-15(13)19-18/h3-12H,1-2H3. The minimum atomic E-state index is -0.759. The first-order chi connectivity index (χ1) is 9.62. The monoisotopic (exact) mass is 264 g/mol. The maximum atomic E-state index is 6.27. The smallest absolute Gasteiger partial charge is 0.280 e. The fourth-order valence-electron chi connectivity index (χ4n) is 3.05. The molecule has 2 nitrogen and oxygen atoms in total. The van der Waals surface area contributed by atoms with Gasteiger partial charge in [-0.1, -0.05) is 36.4 Å². The highest BCUT2D eigenvalue weighted by atomic mass is 16.7. The summed E-state index contributed by atoms with van der Waals surface area (Å²) in [7, 11) is 0. The molecule has 2 aliphatic rings. The van der Waals surface area contributed by atoms with Crippen molar-refractivity contribution in [2.24, 2.45) is 0 Å². The van der Waals surface area contributed by atoms with Gasteiger partial charge in [-0.25, -0.2) is 0 Å². The van der Waals surface area contributed by atoms with Gasteiger partial charge in [-0.15, -0.1) is 0 Å². The lowest BCUT2D eigenvalue weighted by atomic mass is 9.77. The molecule has 1 unspecified atom stereocenters. The van der Waals surface area contributed by atoms with Crippen molar-refractivity contribution in [3.63, 3.8) is 0 Å². The van der Waals surface area contributed by atoms with Gasteiger partial charge in [0.15, 0.2) is 0 Å². The SMILES string of the molecule is CC1(C)c2ccccc2OC12C=Cc1ccccc1O2. The second-order valence-corrected chi connectivity index (χ2v) is 5.86. The molecule has 2 heteroatoms. The lowest BCUT2D eigenvalue weighted by molar-refractivity contribution is -0.101. The van der Waals surface area contributed by atoms with E-state index in [2.05, 4.69) is 26.0 Å². The fraction of sp³-hybridized carbons (Fsp3) is 0.222. The molecule has 0 N–H and O–H groups in total. The highest BCUT2D eigenvalue weighted by Gasteiger charge is 2.56. The number of benzene rings is 2. The Kier molecular flexibility index (Phi) is 2.12. The van der Waals surface area contributed by atoms with Gasteiger partial charge in [0.05, 0.1) is 5.41 Å². The first-order valence-electron chi connectivity index (χ1n) is 6.88. The Hall–Kier alpha value is -2.22.